The van der Waals surface area contributed by atoms with Crippen LogP contribution in [0.1, 0.15) is 53.4 Å². The summed E-state index contributed by atoms with van der Waals surface area (Å²) in [6, 6.07) is 0. The summed E-state index contributed by atoms with van der Waals surface area (Å²) in [5.41, 5.74) is 0.145. The first-order valence-electron chi connectivity index (χ1n) is 10.6. The second-order valence-electron chi connectivity index (χ2n) is 9.75. The summed E-state index contributed by atoms with van der Waals surface area (Å²) in [7, 11) is 0. The topological polar surface area (TPSA) is 80.7 Å². The van der Waals surface area contributed by atoms with Crippen molar-refractivity contribution in [1.29, 1.82) is 0 Å². The Morgan fingerprint density at radius 2 is 2.03 bits per heavy atom. The molecule has 156 valence electrons. The molecule has 4 rings (SSSR count). The van der Waals surface area contributed by atoms with Crippen LogP contribution in [0.2, 0.25) is 0 Å². The number of fused-ring (bicyclic) bond motifs is 5. The Balaban J connectivity index is 1.71. The van der Waals surface area contributed by atoms with Gasteiger partial charge in [-0.1, -0.05) is 37.1 Å². The first kappa shape index (κ1) is 20.3. The van der Waals surface area contributed by atoms with Gasteiger partial charge in [0.05, 0.1) is 0 Å². The third-order valence-electron chi connectivity index (χ3n) is 8.36. The Hall–Kier alpha value is -2.01. The van der Waals surface area contributed by atoms with Gasteiger partial charge in [0.25, 0.3) is 0 Å². The summed E-state index contributed by atoms with van der Waals surface area (Å²) >= 11 is 0. The number of hydrogen-bond acceptors (Lipinski definition) is 5. The van der Waals surface area contributed by atoms with Crippen LogP contribution in [-0.2, 0) is 19.1 Å². The number of ketones is 2. The highest BCUT2D eigenvalue weighted by atomic mass is 16.5. The van der Waals surface area contributed by atoms with Crippen LogP contribution < -0.4 is 0 Å². The molecule has 5 nitrogen and oxygen atoms in total. The Kier molecular flexibility index (Phi) is 4.54. The van der Waals surface area contributed by atoms with E-state index in [0.717, 1.165) is 19.3 Å². The second-order valence-corrected chi connectivity index (χ2v) is 9.75. The monoisotopic (exact) mass is 398 g/mol. The number of esters is 1. The van der Waals surface area contributed by atoms with Gasteiger partial charge >= 0.3 is 5.97 Å². The third kappa shape index (κ3) is 2.66. The summed E-state index contributed by atoms with van der Waals surface area (Å²) in [5.74, 6) is -0.621. The Morgan fingerprint density at radius 3 is 2.72 bits per heavy atom. The highest BCUT2D eigenvalue weighted by Crippen LogP contribution is 2.66. The van der Waals surface area contributed by atoms with Crippen molar-refractivity contribution in [3.63, 3.8) is 0 Å². The molecule has 1 N–H and O–H groups in total. The Morgan fingerprint density at radius 1 is 1.31 bits per heavy atom. The molecule has 0 aromatic carbocycles. The number of rotatable bonds is 3. The minimum absolute atomic E-state index is 0.0529. The zero-order chi connectivity index (χ0) is 21.2. The van der Waals surface area contributed by atoms with E-state index in [1.165, 1.54) is 18.1 Å². The average Bonchev–Trinajstić information content (AvgIpc) is 2.88. The van der Waals surface area contributed by atoms with Crippen molar-refractivity contribution in [3.8, 4) is 0 Å². The highest BCUT2D eigenvalue weighted by molar-refractivity contribution is 6.01. The van der Waals surface area contributed by atoms with Gasteiger partial charge in [0.2, 0.25) is 5.78 Å². The molecule has 0 bridgehead atoms. The van der Waals surface area contributed by atoms with E-state index < -0.39 is 22.8 Å². The molecule has 29 heavy (non-hydrogen) atoms. The van der Waals surface area contributed by atoms with Crippen molar-refractivity contribution in [2.24, 2.45) is 28.6 Å². The van der Waals surface area contributed by atoms with Crippen molar-refractivity contribution in [1.82, 2.24) is 0 Å². The zero-order valence-electron chi connectivity index (χ0n) is 17.7. The molecule has 0 aliphatic heterocycles. The van der Waals surface area contributed by atoms with Crippen LogP contribution >= 0.6 is 0 Å². The van der Waals surface area contributed by atoms with Crippen molar-refractivity contribution in [2.75, 3.05) is 6.61 Å². The minimum Gasteiger partial charge on any atom is -0.458 e. The van der Waals surface area contributed by atoms with Crippen molar-refractivity contribution in [3.05, 3.63) is 35.5 Å². The standard InChI is InChI=1S/C24H30O5/c1-14-11-20-18-6-5-16-12-17(26)7-9-22(16,3)19(18)8-10-23(20,4)24(14,28)21(27)13-29-15(2)25/h7-9,12,14,18,20,28H,5-6,10-11,13H2,1-4H3/t14-,18+,20+,22+,23+,24+/m1/s1. The number of carbonyl (C=O) groups is 3. The SMILES string of the molecule is CC(=O)OCC(=O)[C@@]1(O)[C@H](C)C[C@H]2[C@H]3CCC4=CC(=O)C=C[C@]4(C)C3=CC[C@@]21C. The van der Waals surface area contributed by atoms with E-state index in [1.54, 1.807) is 12.2 Å². The lowest BCUT2D eigenvalue weighted by Gasteiger charge is -2.53. The predicted molar refractivity (Wildman–Crippen MR) is 108 cm³/mol. The first-order chi connectivity index (χ1) is 13.5. The van der Waals surface area contributed by atoms with Gasteiger partial charge in [0, 0.05) is 17.8 Å². The summed E-state index contributed by atoms with van der Waals surface area (Å²) < 4.78 is 4.95. The van der Waals surface area contributed by atoms with Crippen LogP contribution in [0.5, 0.6) is 0 Å². The number of ether oxygens (including phenoxy) is 1. The quantitative estimate of drug-likeness (QED) is 0.583. The maximum Gasteiger partial charge on any atom is 0.303 e. The maximum absolute atomic E-state index is 13.0. The molecule has 4 aliphatic carbocycles. The molecule has 2 fully saturated rings. The van der Waals surface area contributed by atoms with Crippen molar-refractivity contribution >= 4 is 17.5 Å². The van der Waals surface area contributed by atoms with Gasteiger partial charge in [0.15, 0.2) is 12.4 Å². The van der Waals surface area contributed by atoms with Crippen molar-refractivity contribution < 1.29 is 24.2 Å². The number of Topliss-reactive ketones (excluding diaryl/α,β-unsaturated/α-hetero) is 1. The van der Waals surface area contributed by atoms with Gasteiger partial charge in [-0.15, -0.1) is 0 Å². The molecule has 4 aliphatic rings. The van der Waals surface area contributed by atoms with E-state index in [4.69, 9.17) is 4.74 Å². The van der Waals surface area contributed by atoms with E-state index in [1.807, 2.05) is 19.9 Å². The minimum atomic E-state index is -1.51. The summed E-state index contributed by atoms with van der Waals surface area (Å²) in [5, 5.41) is 11.7. The van der Waals surface area contributed by atoms with Crippen LogP contribution in [0, 0.1) is 28.6 Å². The molecule has 0 aromatic heterocycles. The van der Waals surface area contributed by atoms with Crippen LogP contribution in [0.25, 0.3) is 0 Å². The van der Waals surface area contributed by atoms with Crippen molar-refractivity contribution in [2.45, 2.75) is 59.0 Å². The van der Waals surface area contributed by atoms with Gasteiger partial charge in [-0.2, -0.15) is 0 Å². The Bertz CT molecular complexity index is 880. The van der Waals surface area contributed by atoms with Gasteiger partial charge in [0.1, 0.15) is 5.60 Å². The lowest BCUT2D eigenvalue weighted by atomic mass is 9.51. The molecule has 2 saturated carbocycles. The van der Waals surface area contributed by atoms with E-state index in [-0.39, 0.29) is 35.6 Å². The first-order valence-corrected chi connectivity index (χ1v) is 10.6. The largest absolute Gasteiger partial charge is 0.458 e. The molecule has 0 heterocycles. The molecule has 0 saturated heterocycles. The molecule has 6 atom stereocenters. The fourth-order valence-electron chi connectivity index (χ4n) is 6.74. The molecule has 0 amide bonds. The molecule has 0 spiro atoms. The second kappa shape index (κ2) is 6.49. The van der Waals surface area contributed by atoms with Crippen LogP contribution in [0.15, 0.2) is 35.5 Å². The number of carbonyl (C=O) groups excluding carboxylic acids is 3. The van der Waals surface area contributed by atoms with Crippen LogP contribution in [0.4, 0.5) is 0 Å². The van der Waals surface area contributed by atoms with E-state index in [2.05, 4.69) is 13.0 Å². The van der Waals surface area contributed by atoms with Gasteiger partial charge in [-0.05, 0) is 62.5 Å². The predicted octanol–water partition coefficient (Wildman–Crippen LogP) is 3.32. The Labute approximate surface area is 171 Å². The molecular formula is C24H30O5. The van der Waals surface area contributed by atoms with E-state index in [9.17, 15) is 19.5 Å². The molecular weight excluding hydrogens is 368 g/mol. The normalized spacial score (nSPS) is 42.9. The third-order valence-corrected chi connectivity index (χ3v) is 8.36. The summed E-state index contributed by atoms with van der Waals surface area (Å²) in [6.07, 6.45) is 10.8. The van der Waals surface area contributed by atoms with Gasteiger partial charge < -0.3 is 9.84 Å². The number of aliphatic hydroxyl groups is 1. The summed E-state index contributed by atoms with van der Waals surface area (Å²) in [4.78, 5) is 36.1. The molecule has 0 unspecified atom stereocenters. The fourth-order valence-corrected chi connectivity index (χ4v) is 6.74. The molecule has 5 heteroatoms. The van der Waals surface area contributed by atoms with Gasteiger partial charge in [-0.3, -0.25) is 14.4 Å². The van der Waals surface area contributed by atoms with Gasteiger partial charge in [-0.25, -0.2) is 0 Å². The van der Waals surface area contributed by atoms with E-state index >= 15 is 0 Å². The lowest BCUT2D eigenvalue weighted by molar-refractivity contribution is -0.167. The zero-order valence-corrected chi connectivity index (χ0v) is 17.7. The molecule has 0 aromatic rings. The van der Waals surface area contributed by atoms with E-state index in [0.29, 0.717) is 6.42 Å². The highest BCUT2D eigenvalue weighted by Gasteiger charge is 2.67. The van der Waals surface area contributed by atoms with Crippen LogP contribution in [-0.4, -0.2) is 34.9 Å². The maximum atomic E-state index is 13.0. The lowest BCUT2D eigenvalue weighted by Crippen LogP contribution is -2.57. The average molecular weight is 398 g/mol. The fraction of sp³-hybridized carbons (Fsp3) is 0.625. The summed E-state index contributed by atoms with van der Waals surface area (Å²) in [6.45, 7) is 7.03. The smallest absolute Gasteiger partial charge is 0.303 e. The van der Waals surface area contributed by atoms with Crippen LogP contribution in [0.3, 0.4) is 0 Å². The molecule has 0 radical (unpaired) electrons. The number of hydrogen-bond donors (Lipinski definition) is 1. The number of allylic oxidation sites excluding steroid dienone is 6.